The maximum absolute atomic E-state index is 12.9. The van der Waals surface area contributed by atoms with Crippen LogP contribution in [0.25, 0.3) is 0 Å². The lowest BCUT2D eigenvalue weighted by atomic mass is 9.80. The highest BCUT2D eigenvalue weighted by atomic mass is 16.5. The van der Waals surface area contributed by atoms with Gasteiger partial charge < -0.3 is 14.8 Å². The Labute approximate surface area is 312 Å². The Kier molecular flexibility index (Phi) is 23.0. The molecular weight excluding hydrogens is 627 g/mol. The minimum atomic E-state index is -0.816. The zero-order chi connectivity index (χ0) is 36.1. The molecule has 4 nitrogen and oxygen atoms in total. The first-order valence-corrected chi connectivity index (χ1v) is 20.9. The number of carbonyl (C=O) groups is 1. The predicted molar refractivity (Wildman–Crippen MR) is 216 cm³/mol. The number of amides is 1. The molecule has 1 unspecified atom stereocenters. The summed E-state index contributed by atoms with van der Waals surface area (Å²) >= 11 is 0. The van der Waals surface area contributed by atoms with Gasteiger partial charge in [0.05, 0.1) is 12.7 Å². The van der Waals surface area contributed by atoms with Crippen molar-refractivity contribution in [1.82, 2.24) is 5.32 Å². The Bertz CT molecular complexity index is 1140. The first-order chi connectivity index (χ1) is 25.2. The maximum Gasteiger partial charge on any atom is 0.220 e. The molecule has 0 fully saturated rings. The van der Waals surface area contributed by atoms with Crippen LogP contribution in [0.1, 0.15) is 165 Å². The van der Waals surface area contributed by atoms with Crippen LogP contribution < -0.4 is 5.32 Å². The number of carbonyl (C=O) groups excluding carboxylic acids is 1. The van der Waals surface area contributed by atoms with Gasteiger partial charge in [0.15, 0.2) is 0 Å². The summed E-state index contributed by atoms with van der Waals surface area (Å²) in [6, 6.07) is 31.5. The topological polar surface area (TPSA) is 47.6 Å². The highest BCUT2D eigenvalue weighted by molar-refractivity contribution is 5.75. The summed E-state index contributed by atoms with van der Waals surface area (Å²) in [5, 5.41) is 3.19. The number of ether oxygens (including phenoxy) is 2. The number of rotatable bonds is 31. The van der Waals surface area contributed by atoms with Crippen molar-refractivity contribution in [3.8, 4) is 0 Å². The second kappa shape index (κ2) is 27.7. The minimum Gasteiger partial charge on any atom is -0.374 e. The molecule has 1 N–H and O–H groups in total. The van der Waals surface area contributed by atoms with Crippen LogP contribution in [0, 0.1) is 0 Å². The Morgan fingerprint density at radius 1 is 0.529 bits per heavy atom. The van der Waals surface area contributed by atoms with E-state index in [9.17, 15) is 4.79 Å². The summed E-state index contributed by atoms with van der Waals surface area (Å²) in [5.41, 5.74) is 2.39. The van der Waals surface area contributed by atoms with Crippen molar-refractivity contribution < 1.29 is 14.3 Å². The zero-order valence-electron chi connectivity index (χ0n) is 32.4. The van der Waals surface area contributed by atoms with Gasteiger partial charge in [-0.1, -0.05) is 220 Å². The molecule has 0 spiro atoms. The van der Waals surface area contributed by atoms with E-state index in [1.807, 2.05) is 18.2 Å². The normalized spacial score (nSPS) is 12.2. The molecule has 3 aromatic carbocycles. The van der Waals surface area contributed by atoms with Gasteiger partial charge in [0.25, 0.3) is 0 Å². The standard InChI is InChI=1S/C47H71NO3/c1-3-5-7-9-10-11-12-13-14-15-16-17-18-20-31-39-50-45(40-48-46(49)38-30-19-8-6-4-2)41-51-47(42-32-24-21-25-33-42,43-34-26-22-27-35-43)44-36-28-23-29-37-44/h21-29,32-37,45H,3-20,30-31,38-41H2,1-2H3,(H,48,49). The van der Waals surface area contributed by atoms with Gasteiger partial charge in [0, 0.05) is 19.6 Å². The number of hydrogen-bond acceptors (Lipinski definition) is 3. The van der Waals surface area contributed by atoms with E-state index in [2.05, 4.69) is 92.0 Å². The molecule has 0 aliphatic carbocycles. The van der Waals surface area contributed by atoms with E-state index in [1.54, 1.807) is 0 Å². The van der Waals surface area contributed by atoms with Crippen LogP contribution >= 0.6 is 0 Å². The van der Waals surface area contributed by atoms with Crippen molar-refractivity contribution in [2.24, 2.45) is 0 Å². The molecule has 0 bridgehead atoms. The molecule has 0 aliphatic heterocycles. The molecule has 1 amide bonds. The molecule has 0 heterocycles. The third-order valence-electron chi connectivity index (χ3n) is 10.2. The van der Waals surface area contributed by atoms with Gasteiger partial charge >= 0.3 is 0 Å². The summed E-state index contributed by atoms with van der Waals surface area (Å²) in [7, 11) is 0. The third kappa shape index (κ3) is 17.0. The Balaban J connectivity index is 1.54. The van der Waals surface area contributed by atoms with Crippen molar-refractivity contribution in [1.29, 1.82) is 0 Å². The van der Waals surface area contributed by atoms with Crippen LogP contribution in [-0.2, 0) is 19.9 Å². The molecule has 0 aromatic heterocycles. The van der Waals surface area contributed by atoms with Crippen LogP contribution in [0.3, 0.4) is 0 Å². The van der Waals surface area contributed by atoms with Crippen LogP contribution in [-0.4, -0.2) is 31.8 Å². The molecule has 0 radical (unpaired) electrons. The number of nitrogens with one attached hydrogen (secondary N) is 1. The van der Waals surface area contributed by atoms with Gasteiger partial charge in [-0.05, 0) is 29.5 Å². The van der Waals surface area contributed by atoms with Crippen LogP contribution in [0.2, 0.25) is 0 Å². The molecule has 51 heavy (non-hydrogen) atoms. The van der Waals surface area contributed by atoms with E-state index in [0.717, 1.165) is 36.0 Å². The third-order valence-corrected chi connectivity index (χ3v) is 10.2. The predicted octanol–water partition coefficient (Wildman–Crippen LogP) is 12.7. The zero-order valence-corrected chi connectivity index (χ0v) is 32.4. The number of unbranched alkanes of at least 4 members (excludes halogenated alkanes) is 18. The monoisotopic (exact) mass is 698 g/mol. The summed E-state index contributed by atoms with van der Waals surface area (Å²) in [4.78, 5) is 12.9. The molecular formula is C47H71NO3. The molecule has 0 saturated heterocycles. The summed E-state index contributed by atoms with van der Waals surface area (Å²) < 4.78 is 13.6. The largest absolute Gasteiger partial charge is 0.374 e. The first-order valence-electron chi connectivity index (χ1n) is 20.9. The molecule has 0 saturated carbocycles. The lowest BCUT2D eigenvalue weighted by Gasteiger charge is -2.37. The fourth-order valence-corrected chi connectivity index (χ4v) is 7.08. The Morgan fingerprint density at radius 3 is 1.31 bits per heavy atom. The van der Waals surface area contributed by atoms with Gasteiger partial charge in [-0.15, -0.1) is 0 Å². The van der Waals surface area contributed by atoms with E-state index >= 15 is 0 Å². The fraction of sp³-hybridized carbons (Fsp3) is 0.596. The molecule has 1 atom stereocenters. The van der Waals surface area contributed by atoms with E-state index < -0.39 is 5.60 Å². The quantitative estimate of drug-likeness (QED) is 0.0538. The van der Waals surface area contributed by atoms with Crippen LogP contribution in [0.4, 0.5) is 0 Å². The molecule has 3 aromatic rings. The van der Waals surface area contributed by atoms with E-state index in [-0.39, 0.29) is 12.0 Å². The van der Waals surface area contributed by atoms with E-state index in [4.69, 9.17) is 9.47 Å². The highest BCUT2D eigenvalue weighted by Crippen LogP contribution is 2.40. The van der Waals surface area contributed by atoms with Gasteiger partial charge in [-0.2, -0.15) is 0 Å². The first kappa shape index (κ1) is 42.5. The van der Waals surface area contributed by atoms with Gasteiger partial charge in [0.2, 0.25) is 5.91 Å². The SMILES string of the molecule is CCCCCCCCCCCCCCCCCOC(CNC(=O)CCCCCCC)COC(c1ccccc1)(c1ccccc1)c1ccccc1. The van der Waals surface area contributed by atoms with Crippen molar-refractivity contribution in [3.63, 3.8) is 0 Å². The van der Waals surface area contributed by atoms with Crippen LogP contribution in [0.15, 0.2) is 91.0 Å². The lowest BCUT2D eigenvalue weighted by molar-refractivity contribution is -0.122. The van der Waals surface area contributed by atoms with Crippen molar-refractivity contribution in [2.75, 3.05) is 19.8 Å². The second-order valence-electron chi connectivity index (χ2n) is 14.5. The van der Waals surface area contributed by atoms with Gasteiger partial charge in [0.1, 0.15) is 5.60 Å². The number of benzene rings is 3. The lowest BCUT2D eigenvalue weighted by Crippen LogP contribution is -2.41. The summed E-state index contributed by atoms with van der Waals surface area (Å²) in [6.07, 6.45) is 26.1. The molecule has 0 aliphatic rings. The van der Waals surface area contributed by atoms with E-state index in [0.29, 0.717) is 26.2 Å². The molecule has 3 rings (SSSR count). The van der Waals surface area contributed by atoms with Crippen molar-refractivity contribution >= 4 is 5.91 Å². The Hall–Kier alpha value is -2.95. The molecule has 282 valence electrons. The van der Waals surface area contributed by atoms with Crippen molar-refractivity contribution in [2.45, 2.75) is 160 Å². The van der Waals surface area contributed by atoms with Crippen LogP contribution in [0.5, 0.6) is 0 Å². The van der Waals surface area contributed by atoms with E-state index in [1.165, 1.54) is 109 Å². The minimum absolute atomic E-state index is 0.104. The summed E-state index contributed by atoms with van der Waals surface area (Å²) in [6.45, 7) is 5.98. The smallest absolute Gasteiger partial charge is 0.220 e. The van der Waals surface area contributed by atoms with Gasteiger partial charge in [-0.3, -0.25) is 4.79 Å². The molecule has 4 heteroatoms. The Morgan fingerprint density at radius 2 is 0.902 bits per heavy atom. The second-order valence-corrected chi connectivity index (χ2v) is 14.5. The highest BCUT2D eigenvalue weighted by Gasteiger charge is 2.38. The van der Waals surface area contributed by atoms with Crippen molar-refractivity contribution in [3.05, 3.63) is 108 Å². The number of hydrogen-bond donors (Lipinski definition) is 1. The fourth-order valence-electron chi connectivity index (χ4n) is 7.08. The van der Waals surface area contributed by atoms with Gasteiger partial charge in [-0.25, -0.2) is 0 Å². The average molecular weight is 698 g/mol. The summed E-state index contributed by atoms with van der Waals surface area (Å²) in [5.74, 6) is 0.104. The average Bonchev–Trinajstić information content (AvgIpc) is 3.17. The maximum atomic E-state index is 12.9.